The number of halogens is 1. The summed E-state index contributed by atoms with van der Waals surface area (Å²) in [4.78, 5) is 18.9. The van der Waals surface area contributed by atoms with Gasteiger partial charge in [-0.2, -0.15) is 5.10 Å². The number of aromatic amines is 1. The van der Waals surface area contributed by atoms with E-state index in [0.717, 1.165) is 49.6 Å². The van der Waals surface area contributed by atoms with Gasteiger partial charge in [0.25, 0.3) is 0 Å². The maximum absolute atomic E-state index is 13.2. The number of nitrogens with zero attached hydrogens (tertiary/aromatic N) is 3. The van der Waals surface area contributed by atoms with Gasteiger partial charge in [-0.05, 0) is 49.3 Å². The highest BCUT2D eigenvalue weighted by atomic mass is 19.1. The van der Waals surface area contributed by atoms with Gasteiger partial charge in [-0.1, -0.05) is 12.1 Å². The van der Waals surface area contributed by atoms with Gasteiger partial charge in [0.05, 0.1) is 6.42 Å². The maximum atomic E-state index is 13.2. The molecule has 132 valence electrons. The molecule has 1 aromatic carbocycles. The number of carbonyl (C=O) groups is 1. The Morgan fingerprint density at radius 3 is 2.76 bits per heavy atom. The van der Waals surface area contributed by atoms with Gasteiger partial charge in [-0.15, -0.1) is 0 Å². The van der Waals surface area contributed by atoms with Crippen LogP contribution in [-0.4, -0.2) is 39.1 Å². The highest BCUT2D eigenvalue weighted by molar-refractivity contribution is 5.78. The Kier molecular flexibility index (Phi) is 4.51. The first-order valence-electron chi connectivity index (χ1n) is 9.11. The molecular formula is C19H23FN4O. The lowest BCUT2D eigenvalue weighted by atomic mass is 9.93. The predicted molar refractivity (Wildman–Crippen MR) is 91.5 cm³/mol. The largest absolute Gasteiger partial charge is 0.342 e. The third-order valence-corrected chi connectivity index (χ3v) is 5.19. The molecule has 0 bridgehead atoms. The normalized spacial score (nSPS) is 18.5. The van der Waals surface area contributed by atoms with Crippen LogP contribution in [0.15, 0.2) is 24.3 Å². The Hall–Kier alpha value is -2.24. The third-order valence-electron chi connectivity index (χ3n) is 5.19. The zero-order chi connectivity index (χ0) is 17.2. The van der Waals surface area contributed by atoms with Crippen LogP contribution in [0.25, 0.3) is 0 Å². The van der Waals surface area contributed by atoms with Gasteiger partial charge < -0.3 is 4.90 Å². The predicted octanol–water partition coefficient (Wildman–Crippen LogP) is 2.85. The van der Waals surface area contributed by atoms with Gasteiger partial charge in [0, 0.05) is 25.4 Å². The molecule has 1 aliphatic heterocycles. The highest BCUT2D eigenvalue weighted by Gasteiger charge is 2.29. The molecule has 1 aliphatic carbocycles. The second kappa shape index (κ2) is 6.94. The quantitative estimate of drug-likeness (QED) is 0.909. The van der Waals surface area contributed by atoms with E-state index in [4.69, 9.17) is 0 Å². The number of likely N-dealkylation sites (tertiary alicyclic amines) is 1. The Labute approximate surface area is 146 Å². The summed E-state index contributed by atoms with van der Waals surface area (Å²) in [6, 6.07) is 6.29. The van der Waals surface area contributed by atoms with E-state index in [0.29, 0.717) is 11.8 Å². The number of carbonyl (C=O) groups excluding carboxylic acids is 1. The van der Waals surface area contributed by atoms with Crippen molar-refractivity contribution in [3.8, 4) is 0 Å². The van der Waals surface area contributed by atoms with Crippen molar-refractivity contribution in [3.05, 3.63) is 47.3 Å². The Balaban J connectivity index is 1.26. The fourth-order valence-corrected chi connectivity index (χ4v) is 3.52. The molecule has 5 nitrogen and oxygen atoms in total. The minimum absolute atomic E-state index is 0.0831. The lowest BCUT2D eigenvalue weighted by Gasteiger charge is -2.31. The SMILES string of the molecule is O=C(Cc1cccc(F)c1)N1CCC(Cc2nc(C3CC3)n[nH]2)CC1. The monoisotopic (exact) mass is 342 g/mol. The zero-order valence-corrected chi connectivity index (χ0v) is 14.2. The van der Waals surface area contributed by atoms with E-state index in [2.05, 4.69) is 15.2 Å². The fourth-order valence-electron chi connectivity index (χ4n) is 3.52. The number of amides is 1. The summed E-state index contributed by atoms with van der Waals surface area (Å²) < 4.78 is 13.2. The van der Waals surface area contributed by atoms with Crippen molar-refractivity contribution in [2.75, 3.05) is 13.1 Å². The van der Waals surface area contributed by atoms with E-state index < -0.39 is 0 Å². The standard InChI is InChI=1S/C19H23FN4O/c20-16-3-1-2-14(10-16)12-18(25)24-8-6-13(7-9-24)11-17-21-19(23-22-17)15-4-5-15/h1-3,10,13,15H,4-9,11-12H2,(H,21,22,23). The van der Waals surface area contributed by atoms with Crippen LogP contribution in [0.4, 0.5) is 4.39 Å². The molecule has 2 heterocycles. The summed E-state index contributed by atoms with van der Waals surface area (Å²) >= 11 is 0. The summed E-state index contributed by atoms with van der Waals surface area (Å²) in [6.07, 6.45) is 5.57. The van der Waals surface area contributed by atoms with E-state index in [1.165, 1.54) is 25.0 Å². The first kappa shape index (κ1) is 16.2. The van der Waals surface area contributed by atoms with Crippen LogP contribution in [0.3, 0.4) is 0 Å². The van der Waals surface area contributed by atoms with Crippen LogP contribution in [-0.2, 0) is 17.6 Å². The third kappa shape index (κ3) is 4.06. The molecule has 1 saturated carbocycles. The van der Waals surface area contributed by atoms with Gasteiger partial charge in [-0.3, -0.25) is 9.89 Å². The summed E-state index contributed by atoms with van der Waals surface area (Å²) in [6.45, 7) is 1.53. The first-order chi connectivity index (χ1) is 12.2. The molecule has 2 aromatic rings. The van der Waals surface area contributed by atoms with Crippen molar-refractivity contribution in [1.29, 1.82) is 0 Å². The molecule has 0 spiro atoms. The molecule has 2 fully saturated rings. The van der Waals surface area contributed by atoms with Gasteiger partial charge in [0.1, 0.15) is 11.6 Å². The molecule has 1 saturated heterocycles. The van der Waals surface area contributed by atoms with E-state index in [1.54, 1.807) is 12.1 Å². The summed E-state index contributed by atoms with van der Waals surface area (Å²) in [5.74, 6) is 2.86. The topological polar surface area (TPSA) is 61.9 Å². The molecular weight excluding hydrogens is 319 g/mol. The minimum Gasteiger partial charge on any atom is -0.342 e. The maximum Gasteiger partial charge on any atom is 0.226 e. The molecule has 1 aromatic heterocycles. The van der Waals surface area contributed by atoms with Crippen molar-refractivity contribution in [3.63, 3.8) is 0 Å². The van der Waals surface area contributed by atoms with Crippen LogP contribution in [0, 0.1) is 11.7 Å². The van der Waals surface area contributed by atoms with Gasteiger partial charge >= 0.3 is 0 Å². The van der Waals surface area contributed by atoms with Crippen LogP contribution in [0.2, 0.25) is 0 Å². The second-order valence-corrected chi connectivity index (χ2v) is 7.25. The van der Waals surface area contributed by atoms with E-state index >= 15 is 0 Å². The van der Waals surface area contributed by atoms with E-state index in [-0.39, 0.29) is 18.1 Å². The zero-order valence-electron chi connectivity index (χ0n) is 14.2. The molecule has 0 unspecified atom stereocenters. The van der Waals surface area contributed by atoms with Crippen LogP contribution in [0.1, 0.15) is 48.8 Å². The number of hydrogen-bond donors (Lipinski definition) is 1. The minimum atomic E-state index is -0.290. The van der Waals surface area contributed by atoms with Gasteiger partial charge in [0.2, 0.25) is 5.91 Å². The molecule has 2 aliphatic rings. The van der Waals surface area contributed by atoms with Crippen molar-refractivity contribution >= 4 is 5.91 Å². The molecule has 25 heavy (non-hydrogen) atoms. The van der Waals surface area contributed by atoms with Crippen molar-refractivity contribution in [1.82, 2.24) is 20.1 Å². The summed E-state index contributed by atoms with van der Waals surface area (Å²) in [5.41, 5.74) is 0.737. The van der Waals surface area contributed by atoms with Crippen molar-refractivity contribution in [2.24, 2.45) is 5.92 Å². The fraction of sp³-hybridized carbons (Fsp3) is 0.526. The molecule has 0 atom stereocenters. The number of benzene rings is 1. The van der Waals surface area contributed by atoms with E-state index in [1.807, 2.05) is 4.90 Å². The Morgan fingerprint density at radius 2 is 2.04 bits per heavy atom. The lowest BCUT2D eigenvalue weighted by molar-refractivity contribution is -0.131. The highest BCUT2D eigenvalue weighted by Crippen LogP contribution is 2.37. The Morgan fingerprint density at radius 1 is 1.24 bits per heavy atom. The average molecular weight is 342 g/mol. The number of hydrogen-bond acceptors (Lipinski definition) is 3. The number of rotatable bonds is 5. The lowest BCUT2D eigenvalue weighted by Crippen LogP contribution is -2.39. The summed E-state index contributed by atoms with van der Waals surface area (Å²) in [7, 11) is 0. The first-order valence-corrected chi connectivity index (χ1v) is 9.11. The van der Waals surface area contributed by atoms with Crippen LogP contribution < -0.4 is 0 Å². The summed E-state index contributed by atoms with van der Waals surface area (Å²) in [5, 5.41) is 7.38. The molecule has 0 radical (unpaired) electrons. The molecule has 6 heteroatoms. The van der Waals surface area contributed by atoms with Crippen LogP contribution in [0.5, 0.6) is 0 Å². The van der Waals surface area contributed by atoms with Crippen molar-refractivity contribution < 1.29 is 9.18 Å². The number of aromatic nitrogens is 3. The number of H-pyrrole nitrogens is 1. The van der Waals surface area contributed by atoms with Gasteiger partial charge in [0.15, 0.2) is 5.82 Å². The van der Waals surface area contributed by atoms with Crippen molar-refractivity contribution in [2.45, 2.75) is 44.4 Å². The second-order valence-electron chi connectivity index (χ2n) is 7.25. The van der Waals surface area contributed by atoms with E-state index in [9.17, 15) is 9.18 Å². The molecule has 1 amide bonds. The molecule has 1 N–H and O–H groups in total. The van der Waals surface area contributed by atoms with Gasteiger partial charge in [-0.25, -0.2) is 9.37 Å². The molecule has 4 rings (SSSR count). The smallest absolute Gasteiger partial charge is 0.226 e. The Bertz CT molecular complexity index is 747. The average Bonchev–Trinajstić information content (AvgIpc) is 3.35. The van der Waals surface area contributed by atoms with Crippen LogP contribution >= 0.6 is 0 Å². The number of nitrogens with one attached hydrogen (secondary N) is 1. The number of piperidine rings is 1.